The molecule has 1 saturated heterocycles. The Kier molecular flexibility index (Phi) is 5.65. The van der Waals surface area contributed by atoms with Gasteiger partial charge in [0, 0.05) is 12.0 Å². The molecule has 2 aromatic rings. The Hall–Kier alpha value is -3.02. The third-order valence-electron chi connectivity index (χ3n) is 5.49. The monoisotopic (exact) mass is 430 g/mol. The van der Waals surface area contributed by atoms with Crippen LogP contribution in [0.15, 0.2) is 48.5 Å². The van der Waals surface area contributed by atoms with Gasteiger partial charge in [-0.1, -0.05) is 36.4 Å². The van der Waals surface area contributed by atoms with E-state index in [0.29, 0.717) is 16.9 Å². The van der Waals surface area contributed by atoms with Crippen molar-refractivity contribution in [2.45, 2.75) is 43.2 Å². The molecule has 0 aliphatic carbocycles. The summed E-state index contributed by atoms with van der Waals surface area (Å²) in [5.74, 6) is -1.50. The number of urea groups is 1. The van der Waals surface area contributed by atoms with Crippen LogP contribution in [0.3, 0.4) is 0 Å². The fourth-order valence-electron chi connectivity index (χ4n) is 3.99. The number of benzene rings is 2. The van der Waals surface area contributed by atoms with Crippen molar-refractivity contribution in [1.82, 2.24) is 0 Å². The average Bonchev–Trinajstić information content (AvgIpc) is 2.88. The molecule has 0 radical (unpaired) electrons. The van der Waals surface area contributed by atoms with Crippen LogP contribution in [-0.2, 0) is 20.7 Å². The lowest BCUT2D eigenvalue weighted by molar-refractivity contribution is -0.305. The van der Waals surface area contributed by atoms with E-state index in [9.17, 15) is 30.0 Å². The molecule has 2 aromatic carbocycles. The molecule has 1 fully saturated rings. The van der Waals surface area contributed by atoms with E-state index in [1.807, 2.05) is 0 Å². The number of primary amides is 1. The maximum absolute atomic E-state index is 12.3. The molecular weight excluding hydrogens is 408 g/mol. The zero-order chi connectivity index (χ0) is 22.3. The van der Waals surface area contributed by atoms with E-state index in [0.717, 1.165) is 5.56 Å². The molecule has 164 valence electrons. The summed E-state index contributed by atoms with van der Waals surface area (Å²) < 4.78 is 11.2. The number of nitrogens with two attached hydrogens (primary N) is 1. The molecule has 2 aliphatic heterocycles. The molecule has 10 nitrogen and oxygen atoms in total. The minimum absolute atomic E-state index is 0.250. The topological polar surface area (TPSA) is 163 Å². The van der Waals surface area contributed by atoms with Crippen LogP contribution in [0.1, 0.15) is 17.2 Å². The highest BCUT2D eigenvalue weighted by Gasteiger charge is 2.48. The summed E-state index contributed by atoms with van der Waals surface area (Å²) in [4.78, 5) is 25.0. The summed E-state index contributed by atoms with van der Waals surface area (Å²) in [6, 6.07) is 13.3. The highest BCUT2D eigenvalue weighted by Crippen LogP contribution is 2.42. The van der Waals surface area contributed by atoms with Gasteiger partial charge >= 0.3 is 12.0 Å². The van der Waals surface area contributed by atoms with Gasteiger partial charge < -0.3 is 35.6 Å². The molecule has 0 spiro atoms. The van der Waals surface area contributed by atoms with E-state index in [4.69, 9.17) is 15.2 Å². The number of nitrogens with zero attached hydrogens (tertiary/aromatic N) is 1. The number of carboxylic acids is 1. The number of carbonyl (C=O) groups is 2. The van der Waals surface area contributed by atoms with Gasteiger partial charge in [0.05, 0.1) is 17.5 Å². The van der Waals surface area contributed by atoms with E-state index in [1.165, 1.54) is 4.90 Å². The zero-order valence-corrected chi connectivity index (χ0v) is 16.2. The number of carboxylic acid groups (broad SMARTS) is 1. The van der Waals surface area contributed by atoms with Gasteiger partial charge in [-0.05, 0) is 17.7 Å². The molecular formula is C21H22N2O8. The van der Waals surface area contributed by atoms with E-state index >= 15 is 0 Å². The van der Waals surface area contributed by atoms with Crippen LogP contribution in [0.5, 0.6) is 0 Å². The summed E-state index contributed by atoms with van der Waals surface area (Å²) >= 11 is 0. The number of rotatable bonds is 3. The number of ether oxygens (including phenoxy) is 2. The number of fused-ring (bicyclic) bond motifs is 2. The fourth-order valence-corrected chi connectivity index (χ4v) is 3.99. The first-order valence-electron chi connectivity index (χ1n) is 9.64. The molecule has 31 heavy (non-hydrogen) atoms. The lowest BCUT2D eigenvalue weighted by Gasteiger charge is -2.39. The third-order valence-corrected chi connectivity index (χ3v) is 5.49. The van der Waals surface area contributed by atoms with Crippen LogP contribution in [0.4, 0.5) is 16.2 Å². The Morgan fingerprint density at radius 1 is 0.968 bits per heavy atom. The van der Waals surface area contributed by atoms with E-state index < -0.39 is 48.8 Å². The Balaban J connectivity index is 1.74. The second-order valence-electron chi connectivity index (χ2n) is 7.43. The maximum Gasteiger partial charge on any atom is 0.335 e. The SMILES string of the molecule is NC(=O)N1c2ccccc2CC(O[C@@H]2OC(C(=O)O)[C@H](O)[C@H](O)[C@@H]2O)c2ccccc21. The first-order chi connectivity index (χ1) is 14.8. The van der Waals surface area contributed by atoms with Crippen molar-refractivity contribution >= 4 is 23.4 Å². The zero-order valence-electron chi connectivity index (χ0n) is 16.2. The predicted octanol–water partition coefficient (Wildman–Crippen LogP) is 0.409. The molecule has 2 heterocycles. The second kappa shape index (κ2) is 8.25. The highest BCUT2D eigenvalue weighted by molar-refractivity contribution is 6.00. The lowest BCUT2D eigenvalue weighted by atomic mass is 9.98. The van der Waals surface area contributed by atoms with Crippen molar-refractivity contribution < 1.29 is 39.5 Å². The van der Waals surface area contributed by atoms with Crippen LogP contribution in [0, 0.1) is 0 Å². The number of amides is 2. The number of hydrogen-bond donors (Lipinski definition) is 5. The first kappa shape index (κ1) is 21.2. The van der Waals surface area contributed by atoms with E-state index in [1.54, 1.807) is 48.5 Å². The van der Waals surface area contributed by atoms with Crippen LogP contribution in [-0.4, -0.2) is 63.1 Å². The first-order valence-corrected chi connectivity index (χ1v) is 9.64. The molecule has 10 heteroatoms. The summed E-state index contributed by atoms with van der Waals surface area (Å²) in [5, 5.41) is 39.6. The number of aliphatic hydroxyl groups excluding tert-OH is 3. The predicted molar refractivity (Wildman–Crippen MR) is 106 cm³/mol. The van der Waals surface area contributed by atoms with Gasteiger partial charge in [-0.15, -0.1) is 0 Å². The van der Waals surface area contributed by atoms with Crippen molar-refractivity contribution in [3.63, 3.8) is 0 Å². The van der Waals surface area contributed by atoms with Crippen LogP contribution < -0.4 is 10.6 Å². The summed E-state index contributed by atoms with van der Waals surface area (Å²) in [5.41, 5.74) is 7.97. The standard InChI is InChI=1S/C21H22N2O8/c22-21(29)23-12-7-3-1-5-10(12)9-14(11-6-2-4-8-13(11)23)30-20-17(26)15(24)16(25)18(31-20)19(27)28/h1-8,14-18,20,24-26H,9H2,(H2,22,29)(H,27,28)/t14?,15-,16+,17-,18?,20+/m0/s1. The fraction of sp³-hybridized carbons (Fsp3) is 0.333. The van der Waals surface area contributed by atoms with Gasteiger partial charge in [0.2, 0.25) is 0 Å². The minimum atomic E-state index is -1.82. The number of carbonyl (C=O) groups excluding carboxylic acids is 1. The van der Waals surface area contributed by atoms with Gasteiger partial charge in [-0.3, -0.25) is 4.90 Å². The van der Waals surface area contributed by atoms with Crippen LogP contribution in [0.25, 0.3) is 0 Å². The Labute approximate surface area is 177 Å². The van der Waals surface area contributed by atoms with Gasteiger partial charge in [0.15, 0.2) is 12.4 Å². The Morgan fingerprint density at radius 2 is 1.61 bits per heavy atom. The van der Waals surface area contributed by atoms with Crippen LogP contribution >= 0.6 is 0 Å². The van der Waals surface area contributed by atoms with Crippen molar-refractivity contribution in [2.24, 2.45) is 5.73 Å². The van der Waals surface area contributed by atoms with Crippen molar-refractivity contribution in [3.05, 3.63) is 59.7 Å². The molecule has 0 aromatic heterocycles. The number of aliphatic hydroxyl groups is 3. The molecule has 0 bridgehead atoms. The molecule has 2 aliphatic rings. The molecule has 2 amide bonds. The number of anilines is 2. The summed E-state index contributed by atoms with van der Waals surface area (Å²) in [6.07, 6.45) is -9.14. The second-order valence-corrected chi connectivity index (χ2v) is 7.43. The van der Waals surface area contributed by atoms with Crippen molar-refractivity contribution in [3.8, 4) is 0 Å². The highest BCUT2D eigenvalue weighted by atomic mass is 16.7. The lowest BCUT2D eigenvalue weighted by Crippen LogP contribution is -2.60. The number of hydrogen-bond acceptors (Lipinski definition) is 7. The summed E-state index contributed by atoms with van der Waals surface area (Å²) in [7, 11) is 0. The quantitative estimate of drug-likeness (QED) is 0.467. The van der Waals surface area contributed by atoms with Gasteiger partial charge in [-0.2, -0.15) is 0 Å². The molecule has 0 saturated carbocycles. The Morgan fingerprint density at radius 3 is 2.29 bits per heavy atom. The van der Waals surface area contributed by atoms with Gasteiger partial charge in [-0.25, -0.2) is 9.59 Å². The third kappa shape index (κ3) is 3.75. The largest absolute Gasteiger partial charge is 0.479 e. The van der Waals surface area contributed by atoms with Crippen LogP contribution in [0.2, 0.25) is 0 Å². The maximum atomic E-state index is 12.3. The minimum Gasteiger partial charge on any atom is -0.479 e. The molecule has 6 atom stereocenters. The van der Waals surface area contributed by atoms with Gasteiger partial charge in [0.25, 0.3) is 0 Å². The molecule has 4 rings (SSSR count). The average molecular weight is 430 g/mol. The molecule has 2 unspecified atom stereocenters. The number of aliphatic carboxylic acids is 1. The normalized spacial score (nSPS) is 30.1. The van der Waals surface area contributed by atoms with Crippen molar-refractivity contribution in [2.75, 3.05) is 4.90 Å². The Bertz CT molecular complexity index is 999. The van der Waals surface area contributed by atoms with Crippen molar-refractivity contribution in [1.29, 1.82) is 0 Å². The van der Waals surface area contributed by atoms with E-state index in [2.05, 4.69) is 0 Å². The number of para-hydroxylation sites is 2. The van der Waals surface area contributed by atoms with Gasteiger partial charge in [0.1, 0.15) is 18.3 Å². The smallest absolute Gasteiger partial charge is 0.335 e. The molecule has 6 N–H and O–H groups in total. The summed E-state index contributed by atoms with van der Waals surface area (Å²) in [6.45, 7) is 0. The van der Waals surface area contributed by atoms with E-state index in [-0.39, 0.29) is 6.42 Å².